The number of aliphatic imine (C=N–C) groups is 1. The Balaban J connectivity index is 1.55. The second-order valence-electron chi connectivity index (χ2n) is 6.90. The molecular weight excluding hydrogens is 448 g/mol. The minimum absolute atomic E-state index is 0.0329. The molecule has 0 aromatic heterocycles. The standard InChI is InChI=1S/C20H19ClN2O5S2/c1-27-15-8-4-14(5-9-15)23-17-11-30(25,26)12-18(17)29-20(23)22-19(24)10-28-16-6-2-13(21)3-7-16/h2-9,17-18H,10-12H2,1H3. The first-order chi connectivity index (χ1) is 14.3. The van der Waals surface area contributed by atoms with E-state index in [4.69, 9.17) is 21.1 Å². The molecule has 2 aromatic rings. The third-order valence-corrected chi connectivity index (χ3v) is 8.28. The normalized spacial score (nSPS) is 23.4. The van der Waals surface area contributed by atoms with Crippen LogP contribution in [0.5, 0.6) is 11.5 Å². The summed E-state index contributed by atoms with van der Waals surface area (Å²) in [6.07, 6.45) is 0. The molecule has 0 aliphatic carbocycles. The molecule has 2 fully saturated rings. The van der Waals surface area contributed by atoms with Crippen LogP contribution < -0.4 is 14.4 Å². The number of ether oxygens (including phenoxy) is 2. The van der Waals surface area contributed by atoms with Crippen LogP contribution in [0.2, 0.25) is 5.02 Å². The Labute approximate surface area is 183 Å². The first kappa shape index (κ1) is 21.0. The molecule has 2 saturated heterocycles. The molecule has 2 heterocycles. The molecule has 2 aliphatic heterocycles. The van der Waals surface area contributed by atoms with Crippen molar-refractivity contribution in [2.45, 2.75) is 11.3 Å². The van der Waals surface area contributed by atoms with Gasteiger partial charge in [-0.05, 0) is 48.5 Å². The maximum Gasteiger partial charge on any atom is 0.285 e. The van der Waals surface area contributed by atoms with Crippen molar-refractivity contribution < 1.29 is 22.7 Å². The Morgan fingerprint density at radius 3 is 2.47 bits per heavy atom. The number of nitrogens with zero attached hydrogens (tertiary/aromatic N) is 2. The lowest BCUT2D eigenvalue weighted by Crippen LogP contribution is -2.37. The summed E-state index contributed by atoms with van der Waals surface area (Å²) in [5, 5.41) is 0.892. The SMILES string of the molecule is COc1ccc(N2C(=NC(=O)COc3ccc(Cl)cc3)SC3CS(=O)(=O)CC32)cc1. The Bertz CT molecular complexity index is 1070. The van der Waals surface area contributed by atoms with Gasteiger partial charge < -0.3 is 14.4 Å². The topological polar surface area (TPSA) is 85.3 Å². The van der Waals surface area contributed by atoms with Crippen LogP contribution in [0.4, 0.5) is 5.69 Å². The summed E-state index contributed by atoms with van der Waals surface area (Å²) in [5.74, 6) is 0.859. The van der Waals surface area contributed by atoms with E-state index < -0.39 is 15.7 Å². The van der Waals surface area contributed by atoms with Gasteiger partial charge in [-0.1, -0.05) is 23.4 Å². The highest BCUT2D eigenvalue weighted by Crippen LogP contribution is 2.41. The maximum atomic E-state index is 12.4. The van der Waals surface area contributed by atoms with Gasteiger partial charge in [0.15, 0.2) is 21.6 Å². The van der Waals surface area contributed by atoms with E-state index in [9.17, 15) is 13.2 Å². The Morgan fingerprint density at radius 1 is 1.13 bits per heavy atom. The second-order valence-corrected chi connectivity index (χ2v) is 10.7. The van der Waals surface area contributed by atoms with Gasteiger partial charge in [0.2, 0.25) is 0 Å². The molecule has 2 aliphatic rings. The lowest BCUT2D eigenvalue weighted by atomic mass is 10.2. The number of rotatable bonds is 5. The van der Waals surface area contributed by atoms with Crippen LogP contribution in [0.15, 0.2) is 53.5 Å². The zero-order valence-electron chi connectivity index (χ0n) is 16.0. The number of hydrogen-bond donors (Lipinski definition) is 0. The number of methoxy groups -OCH3 is 1. The fourth-order valence-corrected chi connectivity index (χ4v) is 7.48. The van der Waals surface area contributed by atoms with Crippen LogP contribution >= 0.6 is 23.4 Å². The first-order valence-corrected chi connectivity index (χ1v) is 12.2. The molecule has 30 heavy (non-hydrogen) atoms. The van der Waals surface area contributed by atoms with E-state index in [1.807, 2.05) is 17.0 Å². The van der Waals surface area contributed by atoms with Crippen molar-refractivity contribution in [2.75, 3.05) is 30.1 Å². The van der Waals surface area contributed by atoms with Crippen LogP contribution in [-0.4, -0.2) is 56.0 Å². The molecule has 10 heteroatoms. The summed E-state index contributed by atoms with van der Waals surface area (Å²) in [6.45, 7) is -0.226. The number of hydrogen-bond acceptors (Lipinski definition) is 6. The van der Waals surface area contributed by atoms with Gasteiger partial charge in [0.1, 0.15) is 11.5 Å². The minimum Gasteiger partial charge on any atom is -0.497 e. The van der Waals surface area contributed by atoms with E-state index in [1.54, 1.807) is 43.5 Å². The van der Waals surface area contributed by atoms with Gasteiger partial charge in [-0.25, -0.2) is 8.42 Å². The number of amides is 1. The van der Waals surface area contributed by atoms with Crippen molar-refractivity contribution in [3.05, 3.63) is 53.6 Å². The summed E-state index contributed by atoms with van der Waals surface area (Å²) in [6, 6.07) is 13.7. The predicted molar refractivity (Wildman–Crippen MR) is 119 cm³/mol. The molecule has 0 radical (unpaired) electrons. The predicted octanol–water partition coefficient (Wildman–Crippen LogP) is 3.03. The molecule has 2 atom stereocenters. The number of carbonyl (C=O) groups excluding carboxylic acids is 1. The van der Waals surface area contributed by atoms with E-state index in [0.29, 0.717) is 21.7 Å². The van der Waals surface area contributed by atoms with Gasteiger partial charge >= 0.3 is 0 Å². The molecule has 0 N–H and O–H groups in total. The van der Waals surface area contributed by atoms with E-state index in [2.05, 4.69) is 4.99 Å². The van der Waals surface area contributed by atoms with Crippen molar-refractivity contribution in [1.29, 1.82) is 0 Å². The van der Waals surface area contributed by atoms with Crippen molar-refractivity contribution in [3.63, 3.8) is 0 Å². The average Bonchev–Trinajstić information content (AvgIpc) is 3.18. The van der Waals surface area contributed by atoms with Crippen molar-refractivity contribution in [3.8, 4) is 11.5 Å². The lowest BCUT2D eigenvalue weighted by Gasteiger charge is -2.24. The molecular formula is C20H19ClN2O5S2. The molecule has 2 aromatic carbocycles. The molecule has 1 amide bonds. The van der Waals surface area contributed by atoms with E-state index >= 15 is 0 Å². The summed E-state index contributed by atoms with van der Waals surface area (Å²) >= 11 is 7.16. The lowest BCUT2D eigenvalue weighted by molar-refractivity contribution is -0.119. The fraction of sp³-hybridized carbons (Fsp3) is 0.300. The monoisotopic (exact) mass is 466 g/mol. The summed E-state index contributed by atoms with van der Waals surface area (Å²) in [5.41, 5.74) is 0.762. The third-order valence-electron chi connectivity index (χ3n) is 4.81. The van der Waals surface area contributed by atoms with Crippen molar-refractivity contribution in [1.82, 2.24) is 0 Å². The zero-order valence-corrected chi connectivity index (χ0v) is 18.4. The van der Waals surface area contributed by atoms with E-state index in [0.717, 1.165) is 5.69 Å². The second kappa shape index (κ2) is 8.49. The highest BCUT2D eigenvalue weighted by molar-refractivity contribution is 8.16. The van der Waals surface area contributed by atoms with Crippen LogP contribution in [0, 0.1) is 0 Å². The number of thioether (sulfide) groups is 1. The number of carbonyl (C=O) groups is 1. The third kappa shape index (κ3) is 4.58. The van der Waals surface area contributed by atoms with Crippen molar-refractivity contribution in [2.24, 2.45) is 4.99 Å². The Morgan fingerprint density at radius 2 is 1.80 bits per heavy atom. The fourth-order valence-electron chi connectivity index (χ4n) is 3.42. The summed E-state index contributed by atoms with van der Waals surface area (Å²) < 4.78 is 34.9. The summed E-state index contributed by atoms with van der Waals surface area (Å²) in [4.78, 5) is 18.5. The molecule has 0 saturated carbocycles. The van der Waals surface area contributed by atoms with E-state index in [1.165, 1.54) is 11.8 Å². The smallest absolute Gasteiger partial charge is 0.285 e. The van der Waals surface area contributed by atoms with Crippen molar-refractivity contribution >= 4 is 50.0 Å². The minimum atomic E-state index is -3.12. The number of halogens is 1. The number of fused-ring (bicyclic) bond motifs is 1. The van der Waals surface area contributed by atoms with Gasteiger partial charge in [0.25, 0.3) is 5.91 Å². The first-order valence-electron chi connectivity index (χ1n) is 9.15. The molecule has 2 unspecified atom stereocenters. The maximum absolute atomic E-state index is 12.4. The van der Waals surface area contributed by atoms with Crippen LogP contribution in [0.1, 0.15) is 0 Å². The average molecular weight is 467 g/mol. The molecule has 158 valence electrons. The molecule has 7 nitrogen and oxygen atoms in total. The zero-order chi connectivity index (χ0) is 21.3. The highest BCUT2D eigenvalue weighted by atomic mass is 35.5. The van der Waals surface area contributed by atoms with Gasteiger partial charge in [-0.3, -0.25) is 4.79 Å². The van der Waals surface area contributed by atoms with Crippen LogP contribution in [-0.2, 0) is 14.6 Å². The highest BCUT2D eigenvalue weighted by Gasteiger charge is 2.49. The van der Waals surface area contributed by atoms with Gasteiger partial charge in [0, 0.05) is 16.0 Å². The molecule has 4 rings (SSSR count). The number of sulfone groups is 1. The molecule has 0 bridgehead atoms. The number of amidine groups is 1. The van der Waals surface area contributed by atoms with Gasteiger partial charge in [-0.15, -0.1) is 0 Å². The summed E-state index contributed by atoms with van der Waals surface area (Å²) in [7, 11) is -1.55. The Kier molecular flexibility index (Phi) is 5.95. The van der Waals surface area contributed by atoms with Crippen LogP contribution in [0.25, 0.3) is 0 Å². The number of anilines is 1. The van der Waals surface area contributed by atoms with E-state index in [-0.39, 0.29) is 29.4 Å². The van der Waals surface area contributed by atoms with Gasteiger partial charge in [-0.2, -0.15) is 4.99 Å². The number of benzene rings is 2. The Hall–Kier alpha value is -2.23. The largest absolute Gasteiger partial charge is 0.497 e. The van der Waals surface area contributed by atoms with Crippen LogP contribution in [0.3, 0.4) is 0 Å². The quantitative estimate of drug-likeness (QED) is 0.669. The molecule has 0 spiro atoms. The van der Waals surface area contributed by atoms with Gasteiger partial charge in [0.05, 0.1) is 24.7 Å².